The van der Waals surface area contributed by atoms with E-state index in [2.05, 4.69) is 16.1 Å². The maximum Gasteiger partial charge on any atom is 0.242 e. The minimum atomic E-state index is 0.204. The van der Waals surface area contributed by atoms with Crippen LogP contribution in [0.1, 0.15) is 25.7 Å². The first-order valence-corrected chi connectivity index (χ1v) is 9.25. The number of fused-ring (bicyclic) bond motifs is 1. The number of hydrogen-bond acceptors (Lipinski definition) is 3. The Kier molecular flexibility index (Phi) is 5.39. The molecule has 1 aliphatic rings. The van der Waals surface area contributed by atoms with Gasteiger partial charge in [-0.2, -0.15) is 0 Å². The number of rotatable bonds is 5. The molecular weight excluding hydrogens is 306 g/mol. The van der Waals surface area contributed by atoms with Gasteiger partial charge in [0.2, 0.25) is 5.91 Å². The lowest BCUT2D eigenvalue weighted by Crippen LogP contribution is -2.34. The highest BCUT2D eigenvalue weighted by Gasteiger charge is 2.19. The van der Waals surface area contributed by atoms with Crippen LogP contribution in [0.3, 0.4) is 0 Å². The van der Waals surface area contributed by atoms with Crippen LogP contribution in [0.25, 0.3) is 11.0 Å². The van der Waals surface area contributed by atoms with Gasteiger partial charge in [0, 0.05) is 18.8 Å². The number of nitrogens with zero attached hydrogens (tertiary/aromatic N) is 3. The largest absolute Gasteiger partial charge is 0.341 e. The zero-order chi connectivity index (χ0) is 16.1. The molecule has 2 heterocycles. The highest BCUT2D eigenvalue weighted by Crippen LogP contribution is 2.24. The van der Waals surface area contributed by atoms with Crippen LogP contribution in [0.4, 0.5) is 0 Å². The van der Waals surface area contributed by atoms with E-state index in [0.717, 1.165) is 47.9 Å². The third kappa shape index (κ3) is 3.78. The molecule has 0 saturated carbocycles. The monoisotopic (exact) mass is 329 g/mol. The van der Waals surface area contributed by atoms with Gasteiger partial charge in [-0.05, 0) is 25.0 Å². The van der Waals surface area contributed by atoms with Gasteiger partial charge in [0.1, 0.15) is 6.54 Å². The molecule has 0 bridgehead atoms. The maximum absolute atomic E-state index is 12.7. The standard InChI is InChI=1S/C18H23N3OS/c1-2-13-23-18-19-15-9-5-6-10-16(15)21(18)14-17(22)20-11-7-3-4-8-12-20/h2,5-6,9-10H,1,3-4,7-8,11-14H2. The smallest absolute Gasteiger partial charge is 0.242 e. The molecule has 1 aromatic heterocycles. The lowest BCUT2D eigenvalue weighted by Gasteiger charge is -2.21. The van der Waals surface area contributed by atoms with E-state index >= 15 is 0 Å². The van der Waals surface area contributed by atoms with Crippen LogP contribution in [-0.4, -0.2) is 39.2 Å². The van der Waals surface area contributed by atoms with E-state index in [4.69, 9.17) is 0 Å². The van der Waals surface area contributed by atoms with Crippen molar-refractivity contribution >= 4 is 28.7 Å². The van der Waals surface area contributed by atoms with E-state index in [0.29, 0.717) is 6.54 Å². The number of amides is 1. The third-order valence-electron chi connectivity index (χ3n) is 4.20. The second-order valence-corrected chi connectivity index (χ2v) is 6.85. The van der Waals surface area contributed by atoms with Gasteiger partial charge in [0.05, 0.1) is 11.0 Å². The summed E-state index contributed by atoms with van der Waals surface area (Å²) in [4.78, 5) is 19.4. The van der Waals surface area contributed by atoms with Gasteiger partial charge >= 0.3 is 0 Å². The number of benzene rings is 1. The minimum Gasteiger partial charge on any atom is -0.341 e. The van der Waals surface area contributed by atoms with E-state index < -0.39 is 0 Å². The molecule has 1 saturated heterocycles. The number of para-hydroxylation sites is 2. The molecule has 2 aromatic rings. The number of hydrogen-bond donors (Lipinski definition) is 0. The Labute approximate surface area is 141 Å². The Morgan fingerprint density at radius 2 is 1.96 bits per heavy atom. The molecule has 4 nitrogen and oxygen atoms in total. The average molecular weight is 329 g/mol. The Morgan fingerprint density at radius 1 is 1.22 bits per heavy atom. The highest BCUT2D eigenvalue weighted by atomic mass is 32.2. The van der Waals surface area contributed by atoms with Crippen molar-refractivity contribution in [3.8, 4) is 0 Å². The molecule has 1 fully saturated rings. The molecule has 0 atom stereocenters. The summed E-state index contributed by atoms with van der Waals surface area (Å²) in [5.41, 5.74) is 1.98. The predicted octanol–water partition coefficient (Wildman–Crippen LogP) is 3.72. The SMILES string of the molecule is C=CCSc1nc2ccccc2n1CC(=O)N1CCCCCC1. The van der Waals surface area contributed by atoms with Crippen molar-refractivity contribution in [3.63, 3.8) is 0 Å². The third-order valence-corrected chi connectivity index (χ3v) is 5.17. The summed E-state index contributed by atoms with van der Waals surface area (Å²) in [6.07, 6.45) is 6.57. The van der Waals surface area contributed by atoms with Crippen LogP contribution in [-0.2, 0) is 11.3 Å². The second-order valence-electron chi connectivity index (χ2n) is 5.86. The first-order valence-electron chi connectivity index (χ1n) is 8.26. The molecule has 0 N–H and O–H groups in total. The van der Waals surface area contributed by atoms with Gasteiger partial charge in [-0.3, -0.25) is 4.79 Å². The zero-order valence-electron chi connectivity index (χ0n) is 13.4. The van der Waals surface area contributed by atoms with Crippen LogP contribution < -0.4 is 0 Å². The van der Waals surface area contributed by atoms with E-state index in [9.17, 15) is 4.79 Å². The van der Waals surface area contributed by atoms with Gasteiger partial charge < -0.3 is 9.47 Å². The summed E-state index contributed by atoms with van der Waals surface area (Å²) in [6.45, 7) is 5.93. The van der Waals surface area contributed by atoms with Gasteiger partial charge in [0.25, 0.3) is 0 Å². The molecule has 122 valence electrons. The fraction of sp³-hybridized carbons (Fsp3) is 0.444. The zero-order valence-corrected chi connectivity index (χ0v) is 14.2. The molecule has 0 aliphatic carbocycles. The molecule has 5 heteroatoms. The molecule has 0 radical (unpaired) electrons. The molecule has 3 rings (SSSR count). The fourth-order valence-electron chi connectivity index (χ4n) is 3.01. The predicted molar refractivity (Wildman–Crippen MR) is 95.7 cm³/mol. The summed E-state index contributed by atoms with van der Waals surface area (Å²) in [5.74, 6) is 0.997. The van der Waals surface area contributed by atoms with Crippen molar-refractivity contribution < 1.29 is 4.79 Å². The van der Waals surface area contributed by atoms with Gasteiger partial charge in [0.15, 0.2) is 5.16 Å². The van der Waals surface area contributed by atoms with Gasteiger partial charge in [-0.25, -0.2) is 4.98 Å². The van der Waals surface area contributed by atoms with E-state index in [1.807, 2.05) is 35.2 Å². The topological polar surface area (TPSA) is 38.1 Å². The van der Waals surface area contributed by atoms with Gasteiger partial charge in [-0.1, -0.05) is 42.8 Å². The Hall–Kier alpha value is -1.75. The van der Waals surface area contributed by atoms with Crippen LogP contribution in [0.5, 0.6) is 0 Å². The first-order chi connectivity index (χ1) is 11.3. The summed E-state index contributed by atoms with van der Waals surface area (Å²) in [5, 5.41) is 0.897. The summed E-state index contributed by atoms with van der Waals surface area (Å²) < 4.78 is 2.05. The lowest BCUT2D eigenvalue weighted by molar-refractivity contribution is -0.131. The number of aromatic nitrogens is 2. The van der Waals surface area contributed by atoms with Crippen LogP contribution in [0.2, 0.25) is 0 Å². The average Bonchev–Trinajstić information content (AvgIpc) is 2.76. The number of thioether (sulfide) groups is 1. The Balaban J connectivity index is 1.84. The molecule has 1 aliphatic heterocycles. The number of imidazole rings is 1. The molecule has 1 amide bonds. The van der Waals surface area contributed by atoms with Crippen LogP contribution in [0, 0.1) is 0 Å². The van der Waals surface area contributed by atoms with Gasteiger partial charge in [-0.15, -0.1) is 6.58 Å². The number of likely N-dealkylation sites (tertiary alicyclic amines) is 1. The maximum atomic E-state index is 12.7. The molecular formula is C18H23N3OS. The van der Waals surface area contributed by atoms with Crippen molar-refractivity contribution in [1.82, 2.24) is 14.5 Å². The molecule has 0 spiro atoms. The van der Waals surface area contributed by atoms with Crippen LogP contribution >= 0.6 is 11.8 Å². The first kappa shape index (κ1) is 16.1. The quantitative estimate of drug-likeness (QED) is 0.620. The lowest BCUT2D eigenvalue weighted by atomic mass is 10.2. The van der Waals surface area contributed by atoms with Crippen LogP contribution in [0.15, 0.2) is 42.1 Å². The number of carbonyl (C=O) groups is 1. The van der Waals surface area contributed by atoms with E-state index in [1.54, 1.807) is 11.8 Å². The molecule has 0 unspecified atom stereocenters. The molecule has 1 aromatic carbocycles. The summed E-state index contributed by atoms with van der Waals surface area (Å²) in [6, 6.07) is 8.02. The van der Waals surface area contributed by atoms with Crippen molar-refractivity contribution in [1.29, 1.82) is 0 Å². The summed E-state index contributed by atoms with van der Waals surface area (Å²) in [7, 11) is 0. The van der Waals surface area contributed by atoms with Crippen molar-refractivity contribution in [2.45, 2.75) is 37.4 Å². The van der Waals surface area contributed by atoms with Crippen molar-refractivity contribution in [2.75, 3.05) is 18.8 Å². The fourth-order valence-corrected chi connectivity index (χ4v) is 3.75. The Morgan fingerprint density at radius 3 is 2.70 bits per heavy atom. The summed E-state index contributed by atoms with van der Waals surface area (Å²) >= 11 is 1.63. The highest BCUT2D eigenvalue weighted by molar-refractivity contribution is 7.99. The van der Waals surface area contributed by atoms with E-state index in [1.165, 1.54) is 12.8 Å². The van der Waals surface area contributed by atoms with E-state index in [-0.39, 0.29) is 5.91 Å². The normalized spacial score (nSPS) is 15.6. The minimum absolute atomic E-state index is 0.204. The number of carbonyl (C=O) groups excluding carboxylic acids is 1. The second kappa shape index (κ2) is 7.68. The Bertz CT molecular complexity index is 687. The van der Waals surface area contributed by atoms with Crippen molar-refractivity contribution in [3.05, 3.63) is 36.9 Å². The van der Waals surface area contributed by atoms with Crippen molar-refractivity contribution in [2.24, 2.45) is 0 Å². The molecule has 23 heavy (non-hydrogen) atoms.